The lowest BCUT2D eigenvalue weighted by Crippen LogP contribution is -2.45. The predicted octanol–water partition coefficient (Wildman–Crippen LogP) is 1.57. The molecule has 2 atom stereocenters. The van der Waals surface area contributed by atoms with Gasteiger partial charge in [0.05, 0.1) is 13.0 Å². The summed E-state index contributed by atoms with van der Waals surface area (Å²) in [6, 6.07) is 10.5. The molecule has 150 valence electrons. The van der Waals surface area contributed by atoms with Gasteiger partial charge in [-0.1, -0.05) is 0 Å². The number of rotatable bonds is 6. The first kappa shape index (κ1) is 20.1. The third-order valence-electron chi connectivity index (χ3n) is 4.38. The minimum Gasteiger partial charge on any atom is -0.497 e. The van der Waals surface area contributed by atoms with E-state index in [9.17, 15) is 17.6 Å². The van der Waals surface area contributed by atoms with Crippen LogP contribution in [-0.2, 0) is 14.8 Å². The zero-order valence-corrected chi connectivity index (χ0v) is 16.1. The average Bonchev–Trinajstić information content (AvgIpc) is 3.16. The van der Waals surface area contributed by atoms with Crippen LogP contribution in [0.4, 0.5) is 15.8 Å². The largest absolute Gasteiger partial charge is 0.497 e. The van der Waals surface area contributed by atoms with Gasteiger partial charge >= 0.3 is 0 Å². The van der Waals surface area contributed by atoms with E-state index < -0.39 is 27.2 Å². The lowest BCUT2D eigenvalue weighted by atomic mass is 10.1. The SMILES string of the molecule is COc1ccc(NS(=O)(=O)C2NNCC2C(=O)Nc2ccc(F)c(C)c2)cc1. The number of sulfonamides is 1. The summed E-state index contributed by atoms with van der Waals surface area (Å²) in [5.74, 6) is -1.17. The van der Waals surface area contributed by atoms with Crippen molar-refractivity contribution >= 4 is 27.3 Å². The fourth-order valence-corrected chi connectivity index (χ4v) is 4.33. The van der Waals surface area contributed by atoms with E-state index in [2.05, 4.69) is 20.9 Å². The molecule has 0 aliphatic carbocycles. The van der Waals surface area contributed by atoms with Gasteiger partial charge in [-0.15, -0.1) is 0 Å². The molecule has 1 fully saturated rings. The maximum absolute atomic E-state index is 13.4. The lowest BCUT2D eigenvalue weighted by molar-refractivity contribution is -0.119. The topological polar surface area (TPSA) is 109 Å². The first-order chi connectivity index (χ1) is 13.3. The summed E-state index contributed by atoms with van der Waals surface area (Å²) in [7, 11) is -2.41. The van der Waals surface area contributed by atoms with Crippen LogP contribution in [0.25, 0.3) is 0 Å². The Labute approximate surface area is 162 Å². The van der Waals surface area contributed by atoms with Gasteiger partial charge < -0.3 is 10.1 Å². The minimum absolute atomic E-state index is 0.125. The third kappa shape index (κ3) is 4.41. The Bertz CT molecular complexity index is 966. The molecule has 1 amide bonds. The van der Waals surface area contributed by atoms with Gasteiger partial charge in [-0.3, -0.25) is 14.9 Å². The van der Waals surface area contributed by atoms with Crippen LogP contribution in [-0.4, -0.2) is 33.4 Å². The fourth-order valence-electron chi connectivity index (χ4n) is 2.85. The molecule has 28 heavy (non-hydrogen) atoms. The van der Waals surface area contributed by atoms with Crippen molar-refractivity contribution in [1.82, 2.24) is 10.9 Å². The molecule has 0 aromatic heterocycles. The normalized spacial score (nSPS) is 19.2. The smallest absolute Gasteiger partial charge is 0.250 e. The van der Waals surface area contributed by atoms with E-state index in [1.165, 1.54) is 25.3 Å². The second-order valence-electron chi connectivity index (χ2n) is 6.38. The minimum atomic E-state index is -3.92. The van der Waals surface area contributed by atoms with Crippen LogP contribution in [0.2, 0.25) is 0 Å². The second kappa shape index (κ2) is 8.13. The van der Waals surface area contributed by atoms with Crippen molar-refractivity contribution in [1.29, 1.82) is 0 Å². The van der Waals surface area contributed by atoms with Crippen molar-refractivity contribution in [3.05, 3.63) is 53.8 Å². The second-order valence-corrected chi connectivity index (χ2v) is 8.18. The van der Waals surface area contributed by atoms with Crippen molar-refractivity contribution in [3.63, 3.8) is 0 Å². The summed E-state index contributed by atoms with van der Waals surface area (Å²) in [6.45, 7) is 1.70. The molecule has 0 radical (unpaired) electrons. The zero-order chi connectivity index (χ0) is 20.3. The van der Waals surface area contributed by atoms with Crippen LogP contribution < -0.4 is 25.6 Å². The van der Waals surface area contributed by atoms with E-state index in [-0.39, 0.29) is 12.4 Å². The van der Waals surface area contributed by atoms with Crippen molar-refractivity contribution < 1.29 is 22.3 Å². The highest BCUT2D eigenvalue weighted by atomic mass is 32.2. The van der Waals surface area contributed by atoms with E-state index in [1.54, 1.807) is 31.2 Å². The highest BCUT2D eigenvalue weighted by Gasteiger charge is 2.42. The Kier molecular flexibility index (Phi) is 5.82. The Morgan fingerprint density at radius 2 is 1.86 bits per heavy atom. The highest BCUT2D eigenvalue weighted by molar-refractivity contribution is 7.93. The molecular weight excluding hydrogens is 387 g/mol. The Balaban J connectivity index is 1.72. The molecule has 1 aliphatic heterocycles. The number of ether oxygens (including phenoxy) is 1. The molecular formula is C18H21FN4O4S. The number of benzene rings is 2. The number of carbonyl (C=O) groups is 1. The van der Waals surface area contributed by atoms with Crippen LogP contribution in [0.1, 0.15) is 5.56 Å². The van der Waals surface area contributed by atoms with E-state index in [1.807, 2.05) is 0 Å². The van der Waals surface area contributed by atoms with Gasteiger partial charge in [0.15, 0.2) is 5.37 Å². The molecule has 4 N–H and O–H groups in total. The number of hydrazine groups is 1. The number of carbonyl (C=O) groups excluding carboxylic acids is 1. The molecule has 1 aliphatic rings. The van der Waals surface area contributed by atoms with Crippen LogP contribution >= 0.6 is 0 Å². The Morgan fingerprint density at radius 3 is 2.50 bits per heavy atom. The average molecular weight is 408 g/mol. The number of nitrogens with one attached hydrogen (secondary N) is 4. The van der Waals surface area contributed by atoms with Gasteiger partial charge in [-0.05, 0) is 55.0 Å². The predicted molar refractivity (Wildman–Crippen MR) is 104 cm³/mol. The monoisotopic (exact) mass is 408 g/mol. The summed E-state index contributed by atoms with van der Waals surface area (Å²) in [4.78, 5) is 12.6. The lowest BCUT2D eigenvalue weighted by Gasteiger charge is -2.19. The standard InChI is InChI=1S/C18H21FN4O4S/c1-11-9-13(5-8-16(11)19)21-17(24)15-10-20-22-18(15)28(25,26)23-12-3-6-14(27-2)7-4-12/h3-9,15,18,20,22-23H,10H2,1-2H3,(H,21,24). The molecule has 1 saturated heterocycles. The van der Waals surface area contributed by atoms with Crippen molar-refractivity contribution in [3.8, 4) is 5.75 Å². The van der Waals surface area contributed by atoms with Gasteiger partial charge in [-0.25, -0.2) is 18.2 Å². The summed E-state index contributed by atoms with van der Waals surface area (Å²) < 4.78 is 46.4. The molecule has 1 heterocycles. The first-order valence-corrected chi connectivity index (χ1v) is 10.1. The van der Waals surface area contributed by atoms with Crippen LogP contribution in [0.3, 0.4) is 0 Å². The summed E-state index contributed by atoms with van der Waals surface area (Å²) in [6.07, 6.45) is 0. The molecule has 8 nitrogen and oxygen atoms in total. The van der Waals surface area contributed by atoms with Crippen molar-refractivity contribution in [2.24, 2.45) is 5.92 Å². The van der Waals surface area contributed by atoms with Gasteiger partial charge in [-0.2, -0.15) is 0 Å². The maximum atomic E-state index is 13.4. The Morgan fingerprint density at radius 1 is 1.18 bits per heavy atom. The van der Waals surface area contributed by atoms with Gasteiger partial charge in [0.25, 0.3) is 10.0 Å². The quantitative estimate of drug-likeness (QED) is 0.578. The van der Waals surface area contributed by atoms with Crippen LogP contribution in [0.5, 0.6) is 5.75 Å². The number of hydrogen-bond acceptors (Lipinski definition) is 6. The summed E-state index contributed by atoms with van der Waals surface area (Å²) in [5, 5.41) is 1.45. The maximum Gasteiger partial charge on any atom is 0.250 e. The molecule has 2 unspecified atom stereocenters. The van der Waals surface area contributed by atoms with E-state index in [0.717, 1.165) is 0 Å². The molecule has 2 aromatic rings. The number of amides is 1. The number of methoxy groups -OCH3 is 1. The molecule has 2 aromatic carbocycles. The summed E-state index contributed by atoms with van der Waals surface area (Å²) in [5.41, 5.74) is 6.47. The first-order valence-electron chi connectivity index (χ1n) is 8.51. The van der Waals surface area contributed by atoms with E-state index in [0.29, 0.717) is 22.7 Å². The molecule has 10 heteroatoms. The van der Waals surface area contributed by atoms with Crippen LogP contribution in [0.15, 0.2) is 42.5 Å². The van der Waals surface area contributed by atoms with E-state index in [4.69, 9.17) is 4.74 Å². The van der Waals surface area contributed by atoms with Crippen molar-refractivity contribution in [2.75, 3.05) is 23.7 Å². The number of halogens is 1. The zero-order valence-electron chi connectivity index (χ0n) is 15.3. The molecule has 0 saturated carbocycles. The number of aryl methyl sites for hydroxylation is 1. The summed E-state index contributed by atoms with van der Waals surface area (Å²) >= 11 is 0. The number of anilines is 2. The van der Waals surface area contributed by atoms with Gasteiger partial charge in [0.1, 0.15) is 11.6 Å². The van der Waals surface area contributed by atoms with Gasteiger partial charge in [0, 0.05) is 17.9 Å². The molecule has 0 bridgehead atoms. The Hall–Kier alpha value is -2.69. The number of hydrogen-bond donors (Lipinski definition) is 4. The highest BCUT2D eigenvalue weighted by Crippen LogP contribution is 2.22. The molecule has 3 rings (SSSR count). The molecule has 0 spiro atoms. The third-order valence-corrected chi connectivity index (χ3v) is 6.01. The fraction of sp³-hybridized carbons (Fsp3) is 0.278. The van der Waals surface area contributed by atoms with E-state index >= 15 is 0 Å². The van der Waals surface area contributed by atoms with Crippen molar-refractivity contribution in [2.45, 2.75) is 12.3 Å². The van der Waals surface area contributed by atoms with Gasteiger partial charge in [0.2, 0.25) is 5.91 Å². The van der Waals surface area contributed by atoms with Crippen LogP contribution in [0, 0.1) is 18.7 Å².